The largest absolute Gasteiger partial charge is 0.310 e. The van der Waals surface area contributed by atoms with E-state index in [4.69, 9.17) is 9.98 Å². The summed E-state index contributed by atoms with van der Waals surface area (Å²) < 4.78 is 0. The molecule has 1 fully saturated rings. The van der Waals surface area contributed by atoms with Gasteiger partial charge in [0.05, 0.1) is 5.41 Å². The maximum absolute atomic E-state index is 13.3. The Balaban J connectivity index is 1.21. The predicted molar refractivity (Wildman–Crippen MR) is 140 cm³/mol. The van der Waals surface area contributed by atoms with Crippen LogP contribution in [-0.2, 0) is 27.8 Å². The Hall–Kier alpha value is -3.35. The number of fused-ring (bicyclic) bond motifs is 3. The highest BCUT2D eigenvalue weighted by atomic mass is 16.2. The molecule has 36 heavy (non-hydrogen) atoms. The van der Waals surface area contributed by atoms with Crippen LogP contribution in [0.5, 0.6) is 0 Å². The first-order valence-corrected chi connectivity index (χ1v) is 13.2. The van der Waals surface area contributed by atoms with Crippen LogP contribution in [0.15, 0.2) is 41.7 Å². The second-order valence-electron chi connectivity index (χ2n) is 11.0. The van der Waals surface area contributed by atoms with Gasteiger partial charge in [0, 0.05) is 42.5 Å². The zero-order chi connectivity index (χ0) is 24.9. The van der Waals surface area contributed by atoms with Gasteiger partial charge in [0.2, 0.25) is 5.91 Å². The van der Waals surface area contributed by atoms with Crippen molar-refractivity contribution in [3.63, 3.8) is 0 Å². The third-order valence-corrected chi connectivity index (χ3v) is 8.38. The molecule has 6 rings (SSSR count). The van der Waals surface area contributed by atoms with Gasteiger partial charge in [-0.3, -0.25) is 19.6 Å². The van der Waals surface area contributed by atoms with E-state index >= 15 is 0 Å². The molecule has 0 saturated heterocycles. The van der Waals surface area contributed by atoms with E-state index < -0.39 is 5.41 Å². The number of rotatable bonds is 4. The second kappa shape index (κ2) is 8.64. The van der Waals surface area contributed by atoms with Gasteiger partial charge in [-0.25, -0.2) is 4.98 Å². The van der Waals surface area contributed by atoms with E-state index in [9.17, 15) is 9.59 Å². The lowest BCUT2D eigenvalue weighted by atomic mass is 9.80. The number of carbonyl (C=O) groups is 2. The number of carbonyl (C=O) groups excluding carboxylic acids is 2. The third kappa shape index (κ3) is 3.59. The van der Waals surface area contributed by atoms with E-state index in [2.05, 4.69) is 36.3 Å². The first-order valence-electron chi connectivity index (χ1n) is 13.2. The molecule has 4 heterocycles. The smallest absolute Gasteiger partial charge is 0.270 e. The van der Waals surface area contributed by atoms with E-state index in [1.54, 1.807) is 6.20 Å². The highest BCUT2D eigenvalue weighted by Gasteiger charge is 2.51. The molecule has 1 saturated carbocycles. The number of amides is 2. The minimum atomic E-state index is -0.611. The number of hydrogen-bond acceptors (Lipinski definition) is 5. The first kappa shape index (κ1) is 23.1. The number of nitrogens with one attached hydrogen (secondary N) is 1. The van der Waals surface area contributed by atoms with Crippen molar-refractivity contribution in [3.05, 3.63) is 59.1 Å². The number of aliphatic imine (C=N–C) groups is 1. The van der Waals surface area contributed by atoms with Crippen LogP contribution in [0.1, 0.15) is 74.8 Å². The van der Waals surface area contributed by atoms with Crippen molar-refractivity contribution in [2.75, 3.05) is 11.9 Å². The molecule has 2 aliphatic carbocycles. The topological polar surface area (TPSA) is 87.6 Å². The molecule has 2 aliphatic heterocycles. The Morgan fingerprint density at radius 3 is 2.69 bits per heavy atom. The SMILES string of the molecule is CC(C)C1=NC2(CCCCCC2)N(C/C=C/c2cnc3c(c2)CC2(C3)C(=O)Nc3ncccc32)C1=O. The van der Waals surface area contributed by atoms with Crippen molar-refractivity contribution in [3.8, 4) is 0 Å². The van der Waals surface area contributed by atoms with Crippen LogP contribution in [0.2, 0.25) is 0 Å². The number of nitrogens with zero attached hydrogens (tertiary/aromatic N) is 4. The second-order valence-corrected chi connectivity index (χ2v) is 11.0. The summed E-state index contributed by atoms with van der Waals surface area (Å²) in [4.78, 5) is 42.4. The van der Waals surface area contributed by atoms with E-state index in [0.717, 1.165) is 53.8 Å². The molecule has 2 amide bonds. The summed E-state index contributed by atoms with van der Waals surface area (Å²) in [6.45, 7) is 4.66. The zero-order valence-electron chi connectivity index (χ0n) is 21.1. The van der Waals surface area contributed by atoms with Gasteiger partial charge >= 0.3 is 0 Å². The Bertz CT molecular complexity index is 1290. The van der Waals surface area contributed by atoms with E-state index in [-0.39, 0.29) is 23.4 Å². The Morgan fingerprint density at radius 1 is 1.11 bits per heavy atom. The normalized spacial score (nSPS) is 24.5. The molecule has 186 valence electrons. The van der Waals surface area contributed by atoms with Crippen LogP contribution in [0.3, 0.4) is 0 Å². The number of hydrogen-bond donors (Lipinski definition) is 1. The van der Waals surface area contributed by atoms with Gasteiger partial charge < -0.3 is 10.2 Å². The van der Waals surface area contributed by atoms with Crippen molar-refractivity contribution in [2.24, 2.45) is 10.9 Å². The van der Waals surface area contributed by atoms with Gasteiger partial charge in [-0.15, -0.1) is 0 Å². The van der Waals surface area contributed by atoms with Crippen molar-refractivity contribution in [1.82, 2.24) is 14.9 Å². The minimum absolute atomic E-state index is 0.00786. The van der Waals surface area contributed by atoms with E-state index in [1.807, 2.05) is 29.3 Å². The molecule has 0 aromatic carbocycles. The van der Waals surface area contributed by atoms with Crippen LogP contribution in [0.4, 0.5) is 5.82 Å². The summed E-state index contributed by atoms with van der Waals surface area (Å²) in [6, 6.07) is 6.02. The Morgan fingerprint density at radius 2 is 1.92 bits per heavy atom. The molecule has 2 aromatic rings. The summed E-state index contributed by atoms with van der Waals surface area (Å²) in [5.74, 6) is 0.896. The van der Waals surface area contributed by atoms with Gasteiger partial charge in [0.1, 0.15) is 17.2 Å². The van der Waals surface area contributed by atoms with Crippen molar-refractivity contribution < 1.29 is 9.59 Å². The predicted octanol–water partition coefficient (Wildman–Crippen LogP) is 4.47. The van der Waals surface area contributed by atoms with Crippen molar-refractivity contribution >= 4 is 29.4 Å². The Labute approximate surface area is 212 Å². The molecule has 0 bridgehead atoms. The highest BCUT2D eigenvalue weighted by Crippen LogP contribution is 2.46. The zero-order valence-corrected chi connectivity index (χ0v) is 21.1. The van der Waals surface area contributed by atoms with Crippen LogP contribution in [0.25, 0.3) is 6.08 Å². The quantitative estimate of drug-likeness (QED) is 0.695. The third-order valence-electron chi connectivity index (χ3n) is 8.38. The molecule has 7 nitrogen and oxygen atoms in total. The average molecular weight is 484 g/mol. The standard InChI is InChI=1S/C29H33N5O2/c1-19(2)24-26(35)34(29(33-24)11-5-3-4-6-12-29)14-8-9-20-15-21-16-28(17-23(21)31-18-20)22-10-7-13-30-25(22)32-27(28)36/h7-10,13,15,18-19H,3-6,11-12,14,16-17H2,1-2H3,(H,30,32,36)/b9-8+. The summed E-state index contributed by atoms with van der Waals surface area (Å²) in [6.07, 6.45) is 15.5. The van der Waals surface area contributed by atoms with Crippen LogP contribution >= 0.6 is 0 Å². The summed E-state index contributed by atoms with van der Waals surface area (Å²) in [7, 11) is 0. The van der Waals surface area contributed by atoms with Crippen molar-refractivity contribution in [1.29, 1.82) is 0 Å². The fourth-order valence-electron chi connectivity index (χ4n) is 6.48. The molecule has 7 heteroatoms. The van der Waals surface area contributed by atoms with Gasteiger partial charge in [0.25, 0.3) is 5.91 Å². The maximum Gasteiger partial charge on any atom is 0.270 e. The van der Waals surface area contributed by atoms with Gasteiger partial charge in [0.15, 0.2) is 0 Å². The molecule has 2 spiro atoms. The molecule has 1 atom stereocenters. The minimum Gasteiger partial charge on any atom is -0.310 e. The van der Waals surface area contributed by atoms with Gasteiger partial charge in [-0.2, -0.15) is 0 Å². The number of aromatic nitrogens is 2. The summed E-state index contributed by atoms with van der Waals surface area (Å²) in [5, 5.41) is 2.95. The van der Waals surface area contributed by atoms with Crippen LogP contribution in [-0.4, -0.2) is 44.6 Å². The monoisotopic (exact) mass is 483 g/mol. The van der Waals surface area contributed by atoms with Gasteiger partial charge in [-0.05, 0) is 55.4 Å². The molecule has 0 radical (unpaired) electrons. The van der Waals surface area contributed by atoms with Crippen LogP contribution < -0.4 is 5.32 Å². The van der Waals surface area contributed by atoms with Crippen LogP contribution in [0, 0.1) is 5.92 Å². The average Bonchev–Trinajstić information content (AvgIpc) is 3.38. The van der Waals surface area contributed by atoms with Gasteiger partial charge in [-0.1, -0.05) is 44.9 Å². The van der Waals surface area contributed by atoms with E-state index in [0.29, 0.717) is 25.2 Å². The fourth-order valence-corrected chi connectivity index (χ4v) is 6.48. The molecule has 4 aliphatic rings. The summed E-state index contributed by atoms with van der Waals surface area (Å²) in [5.41, 5.74) is 3.76. The van der Waals surface area contributed by atoms with E-state index in [1.165, 1.54) is 12.8 Å². The lowest BCUT2D eigenvalue weighted by molar-refractivity contribution is -0.127. The lowest BCUT2D eigenvalue weighted by Gasteiger charge is -2.35. The Kier molecular flexibility index (Phi) is 5.54. The lowest BCUT2D eigenvalue weighted by Crippen LogP contribution is -2.46. The first-order chi connectivity index (χ1) is 17.4. The molecular formula is C29H33N5O2. The molecule has 2 aromatic heterocycles. The number of pyridine rings is 2. The molecule has 1 N–H and O–H groups in total. The highest BCUT2D eigenvalue weighted by molar-refractivity contribution is 6.41. The maximum atomic E-state index is 13.3. The molecule has 1 unspecified atom stereocenters. The molecular weight excluding hydrogens is 450 g/mol. The summed E-state index contributed by atoms with van der Waals surface area (Å²) >= 11 is 0. The number of anilines is 1. The fraction of sp³-hybridized carbons (Fsp3) is 0.483. The van der Waals surface area contributed by atoms with Crippen molar-refractivity contribution in [2.45, 2.75) is 76.3 Å².